The molecule has 5 nitrogen and oxygen atoms in total. The molecule has 110 valence electrons. The first-order valence-corrected chi connectivity index (χ1v) is 6.74. The van der Waals surface area contributed by atoms with Gasteiger partial charge in [0, 0.05) is 30.7 Å². The molecule has 2 aromatic carbocycles. The fourth-order valence-corrected chi connectivity index (χ4v) is 1.77. The van der Waals surface area contributed by atoms with Crippen molar-refractivity contribution in [3.8, 4) is 0 Å². The fourth-order valence-electron chi connectivity index (χ4n) is 1.77. The molecule has 0 atom stereocenters. The number of anilines is 3. The van der Waals surface area contributed by atoms with Crippen LogP contribution in [0.4, 0.5) is 21.9 Å². The van der Waals surface area contributed by atoms with Crippen molar-refractivity contribution in [3.63, 3.8) is 0 Å². The van der Waals surface area contributed by atoms with E-state index < -0.39 is 0 Å². The number of methoxy groups -OCH3 is 1. The van der Waals surface area contributed by atoms with Gasteiger partial charge in [-0.1, -0.05) is 18.2 Å². The summed E-state index contributed by atoms with van der Waals surface area (Å²) in [5.41, 5.74) is 2.73. The minimum Gasteiger partial charge on any atom is -0.383 e. The Balaban J connectivity index is 1.85. The van der Waals surface area contributed by atoms with Crippen LogP contribution in [0.1, 0.15) is 0 Å². The predicted octanol–water partition coefficient (Wildman–Crippen LogP) is 3.20. The molecule has 2 amide bonds. The Morgan fingerprint density at radius 1 is 0.952 bits per heavy atom. The van der Waals surface area contributed by atoms with E-state index in [1.54, 1.807) is 7.11 Å². The topological polar surface area (TPSA) is 62.4 Å². The molecule has 0 heterocycles. The number of nitrogens with one attached hydrogen (secondary N) is 3. The van der Waals surface area contributed by atoms with Crippen LogP contribution in [-0.2, 0) is 4.74 Å². The van der Waals surface area contributed by atoms with Crippen molar-refractivity contribution in [3.05, 3.63) is 54.6 Å². The lowest BCUT2D eigenvalue weighted by atomic mass is 10.2. The van der Waals surface area contributed by atoms with Gasteiger partial charge in [0.15, 0.2) is 0 Å². The summed E-state index contributed by atoms with van der Waals surface area (Å²) in [5.74, 6) is 0. The maximum atomic E-state index is 11.6. The number of rotatable bonds is 6. The van der Waals surface area contributed by atoms with Crippen LogP contribution in [0.25, 0.3) is 0 Å². The van der Waals surface area contributed by atoms with Crippen LogP contribution >= 0.6 is 0 Å². The van der Waals surface area contributed by atoms with E-state index in [4.69, 9.17) is 4.74 Å². The Morgan fingerprint density at radius 2 is 1.57 bits per heavy atom. The summed E-state index contributed by atoms with van der Waals surface area (Å²) in [5, 5.41) is 8.74. The van der Waals surface area contributed by atoms with E-state index in [0.29, 0.717) is 13.2 Å². The van der Waals surface area contributed by atoms with Crippen molar-refractivity contribution in [2.75, 3.05) is 30.9 Å². The first kappa shape index (κ1) is 14.9. The number of para-hydroxylation sites is 1. The average molecular weight is 285 g/mol. The Bertz CT molecular complexity index is 555. The number of urea groups is 1. The molecule has 0 aliphatic heterocycles. The maximum Gasteiger partial charge on any atom is 0.319 e. The molecule has 0 bridgehead atoms. The lowest BCUT2D eigenvalue weighted by Gasteiger charge is -2.09. The van der Waals surface area contributed by atoms with Crippen molar-refractivity contribution >= 4 is 23.1 Å². The summed E-state index contributed by atoms with van der Waals surface area (Å²) in [6, 6.07) is 17.2. The molecule has 2 rings (SSSR count). The van der Waals surface area contributed by atoms with Crippen LogP contribution in [0.3, 0.4) is 0 Å². The van der Waals surface area contributed by atoms with Crippen molar-refractivity contribution in [1.82, 2.24) is 5.32 Å². The molecule has 0 spiro atoms. The number of amides is 2. The first-order chi connectivity index (χ1) is 10.3. The van der Waals surface area contributed by atoms with Gasteiger partial charge >= 0.3 is 6.03 Å². The third-order valence-corrected chi connectivity index (χ3v) is 2.80. The third kappa shape index (κ3) is 5.16. The molecule has 0 aliphatic rings. The Hall–Kier alpha value is -2.53. The van der Waals surface area contributed by atoms with Crippen molar-refractivity contribution in [2.24, 2.45) is 0 Å². The van der Waals surface area contributed by atoms with Crippen molar-refractivity contribution in [2.45, 2.75) is 0 Å². The quantitative estimate of drug-likeness (QED) is 0.714. The van der Waals surface area contributed by atoms with Crippen LogP contribution in [0.5, 0.6) is 0 Å². The number of carbonyl (C=O) groups is 1. The van der Waals surface area contributed by atoms with E-state index >= 15 is 0 Å². The molecule has 0 fully saturated rings. The molecular weight excluding hydrogens is 266 g/mol. The monoisotopic (exact) mass is 285 g/mol. The third-order valence-electron chi connectivity index (χ3n) is 2.80. The van der Waals surface area contributed by atoms with E-state index in [9.17, 15) is 4.79 Å². The van der Waals surface area contributed by atoms with Crippen LogP contribution < -0.4 is 16.0 Å². The highest BCUT2D eigenvalue weighted by Crippen LogP contribution is 2.18. The predicted molar refractivity (Wildman–Crippen MR) is 85.1 cm³/mol. The van der Waals surface area contributed by atoms with Gasteiger partial charge in [0.1, 0.15) is 0 Å². The summed E-state index contributed by atoms with van der Waals surface area (Å²) < 4.78 is 4.86. The Labute approximate surface area is 124 Å². The minimum atomic E-state index is -0.240. The smallest absolute Gasteiger partial charge is 0.319 e. The van der Waals surface area contributed by atoms with Gasteiger partial charge in [0.05, 0.1) is 6.61 Å². The molecule has 0 saturated heterocycles. The van der Waals surface area contributed by atoms with E-state index in [2.05, 4.69) is 16.0 Å². The van der Waals surface area contributed by atoms with Crippen molar-refractivity contribution < 1.29 is 9.53 Å². The summed E-state index contributed by atoms with van der Waals surface area (Å²) in [6.45, 7) is 0.976. The molecule has 0 aliphatic carbocycles. The zero-order chi connectivity index (χ0) is 14.9. The fraction of sp³-hybridized carbons (Fsp3) is 0.188. The normalized spacial score (nSPS) is 9.95. The zero-order valence-electron chi connectivity index (χ0n) is 11.9. The van der Waals surface area contributed by atoms with Gasteiger partial charge in [0.25, 0.3) is 0 Å². The summed E-state index contributed by atoms with van der Waals surface area (Å²) in [7, 11) is 1.60. The van der Waals surface area contributed by atoms with Gasteiger partial charge in [-0.3, -0.25) is 0 Å². The SMILES string of the molecule is COCCNC(=O)Nc1ccc(Nc2ccccc2)cc1. The second kappa shape index (κ2) is 7.91. The highest BCUT2D eigenvalue weighted by Gasteiger charge is 2.01. The molecule has 2 aromatic rings. The molecule has 5 heteroatoms. The molecular formula is C16H19N3O2. The number of carbonyl (C=O) groups excluding carboxylic acids is 1. The largest absolute Gasteiger partial charge is 0.383 e. The van der Waals surface area contributed by atoms with E-state index in [1.165, 1.54) is 0 Å². The molecule has 0 radical (unpaired) electrons. The molecule has 21 heavy (non-hydrogen) atoms. The Kier molecular flexibility index (Phi) is 5.60. The Morgan fingerprint density at radius 3 is 2.24 bits per heavy atom. The minimum absolute atomic E-state index is 0.240. The van der Waals surface area contributed by atoms with Gasteiger partial charge in [-0.15, -0.1) is 0 Å². The van der Waals surface area contributed by atoms with E-state index in [1.807, 2.05) is 54.6 Å². The summed E-state index contributed by atoms with van der Waals surface area (Å²) >= 11 is 0. The van der Waals surface area contributed by atoms with Gasteiger partial charge in [-0.2, -0.15) is 0 Å². The van der Waals surface area contributed by atoms with Gasteiger partial charge in [0.2, 0.25) is 0 Å². The van der Waals surface area contributed by atoms with Crippen molar-refractivity contribution in [1.29, 1.82) is 0 Å². The van der Waals surface area contributed by atoms with Crippen LogP contribution in [0.2, 0.25) is 0 Å². The molecule has 0 unspecified atom stereocenters. The zero-order valence-corrected chi connectivity index (χ0v) is 11.9. The second-order valence-corrected chi connectivity index (χ2v) is 4.44. The number of benzene rings is 2. The van der Waals surface area contributed by atoms with Gasteiger partial charge < -0.3 is 20.7 Å². The van der Waals surface area contributed by atoms with Crippen LogP contribution in [0.15, 0.2) is 54.6 Å². The highest BCUT2D eigenvalue weighted by atomic mass is 16.5. The van der Waals surface area contributed by atoms with E-state index in [-0.39, 0.29) is 6.03 Å². The average Bonchev–Trinajstić information content (AvgIpc) is 2.51. The van der Waals surface area contributed by atoms with Gasteiger partial charge in [-0.25, -0.2) is 4.79 Å². The highest BCUT2D eigenvalue weighted by molar-refractivity contribution is 5.89. The van der Waals surface area contributed by atoms with Crippen LogP contribution in [-0.4, -0.2) is 26.3 Å². The summed E-state index contributed by atoms with van der Waals surface area (Å²) in [4.78, 5) is 11.6. The lowest BCUT2D eigenvalue weighted by molar-refractivity contribution is 0.198. The van der Waals surface area contributed by atoms with Gasteiger partial charge in [-0.05, 0) is 36.4 Å². The summed E-state index contributed by atoms with van der Waals surface area (Å²) in [6.07, 6.45) is 0. The first-order valence-electron chi connectivity index (χ1n) is 6.74. The lowest BCUT2D eigenvalue weighted by Crippen LogP contribution is -2.31. The molecule has 0 aromatic heterocycles. The standard InChI is InChI=1S/C16H19N3O2/c1-21-12-11-17-16(20)19-15-9-7-14(8-10-15)18-13-5-3-2-4-6-13/h2-10,18H,11-12H2,1H3,(H2,17,19,20). The molecule has 0 saturated carbocycles. The number of hydrogen-bond donors (Lipinski definition) is 3. The van der Waals surface area contributed by atoms with Crippen LogP contribution in [0, 0.1) is 0 Å². The second-order valence-electron chi connectivity index (χ2n) is 4.44. The molecule has 3 N–H and O–H groups in total. The number of ether oxygens (including phenoxy) is 1. The maximum absolute atomic E-state index is 11.6. The number of hydrogen-bond acceptors (Lipinski definition) is 3. The van der Waals surface area contributed by atoms with E-state index in [0.717, 1.165) is 17.1 Å².